The molecule has 0 aliphatic rings. The van der Waals surface area contributed by atoms with Gasteiger partial charge in [-0.1, -0.05) is 18.2 Å². The minimum Gasteiger partial charge on any atom is -0.294 e. The third-order valence-corrected chi connectivity index (χ3v) is 3.13. The monoisotopic (exact) mass is 291 g/mol. The Morgan fingerprint density at radius 2 is 1.81 bits per heavy atom. The summed E-state index contributed by atoms with van der Waals surface area (Å²) in [6.45, 7) is 1.54. The largest absolute Gasteiger partial charge is 0.294 e. The van der Waals surface area contributed by atoms with E-state index in [1.807, 2.05) is 0 Å². The maximum atomic E-state index is 13.5. The number of aryl methyl sites for hydroxylation is 1. The summed E-state index contributed by atoms with van der Waals surface area (Å²) < 4.78 is 27.0. The fourth-order valence-electron chi connectivity index (χ4n) is 1.94. The Morgan fingerprint density at radius 3 is 2.38 bits per heavy atom. The number of hydrogen-bond donors (Lipinski definition) is 0. The van der Waals surface area contributed by atoms with Gasteiger partial charge in [0.25, 0.3) is 5.69 Å². The smallest absolute Gasteiger partial charge is 0.273 e. The van der Waals surface area contributed by atoms with E-state index in [0.29, 0.717) is 5.56 Å². The molecule has 0 radical (unpaired) electrons. The summed E-state index contributed by atoms with van der Waals surface area (Å²) >= 11 is 0. The first-order valence-electron chi connectivity index (χ1n) is 6.11. The van der Waals surface area contributed by atoms with E-state index in [1.54, 1.807) is 6.92 Å². The summed E-state index contributed by atoms with van der Waals surface area (Å²) in [6.07, 6.45) is -0.487. The van der Waals surface area contributed by atoms with Crippen LogP contribution in [0, 0.1) is 28.7 Å². The van der Waals surface area contributed by atoms with Crippen molar-refractivity contribution in [1.29, 1.82) is 0 Å². The van der Waals surface area contributed by atoms with Crippen molar-refractivity contribution in [2.45, 2.75) is 13.3 Å². The highest BCUT2D eigenvalue weighted by Gasteiger charge is 2.18. The maximum absolute atomic E-state index is 13.5. The molecular formula is C15H11F2NO3. The molecule has 2 rings (SSSR count). The van der Waals surface area contributed by atoms with Crippen LogP contribution in [-0.2, 0) is 6.42 Å². The fourth-order valence-corrected chi connectivity index (χ4v) is 1.94. The number of carbonyl (C=O) groups excluding carboxylic acids is 1. The molecule has 0 heterocycles. The van der Waals surface area contributed by atoms with Crippen LogP contribution in [-0.4, -0.2) is 10.7 Å². The Bertz CT molecular complexity index is 709. The van der Waals surface area contributed by atoms with Crippen LogP contribution in [0.2, 0.25) is 0 Å². The van der Waals surface area contributed by atoms with Crippen LogP contribution in [0.5, 0.6) is 0 Å². The number of carbonyl (C=O) groups is 1. The molecule has 108 valence electrons. The summed E-state index contributed by atoms with van der Waals surface area (Å²) in [5, 5.41) is 10.8. The normalized spacial score (nSPS) is 10.4. The lowest BCUT2D eigenvalue weighted by molar-refractivity contribution is -0.385. The molecule has 0 fully saturated rings. The molecular weight excluding hydrogens is 280 g/mol. The van der Waals surface area contributed by atoms with Gasteiger partial charge in [0.15, 0.2) is 5.78 Å². The van der Waals surface area contributed by atoms with Crippen molar-refractivity contribution >= 4 is 11.5 Å². The van der Waals surface area contributed by atoms with Crippen molar-refractivity contribution in [2.24, 2.45) is 0 Å². The highest BCUT2D eigenvalue weighted by Crippen LogP contribution is 2.21. The molecule has 0 amide bonds. The van der Waals surface area contributed by atoms with Gasteiger partial charge in [-0.2, -0.15) is 0 Å². The van der Waals surface area contributed by atoms with Gasteiger partial charge in [-0.25, -0.2) is 8.78 Å². The van der Waals surface area contributed by atoms with E-state index in [4.69, 9.17) is 0 Å². The fraction of sp³-hybridized carbons (Fsp3) is 0.133. The third-order valence-electron chi connectivity index (χ3n) is 3.13. The Kier molecular flexibility index (Phi) is 4.07. The molecule has 0 bridgehead atoms. The quantitative estimate of drug-likeness (QED) is 0.491. The zero-order valence-corrected chi connectivity index (χ0v) is 11.1. The maximum Gasteiger partial charge on any atom is 0.273 e. The van der Waals surface area contributed by atoms with Gasteiger partial charge in [0.2, 0.25) is 0 Å². The van der Waals surface area contributed by atoms with Gasteiger partial charge in [-0.3, -0.25) is 14.9 Å². The van der Waals surface area contributed by atoms with Crippen LogP contribution < -0.4 is 0 Å². The number of rotatable bonds is 4. The first-order valence-corrected chi connectivity index (χ1v) is 6.11. The van der Waals surface area contributed by atoms with Gasteiger partial charge < -0.3 is 0 Å². The second kappa shape index (κ2) is 5.78. The van der Waals surface area contributed by atoms with Crippen molar-refractivity contribution in [3.63, 3.8) is 0 Å². The van der Waals surface area contributed by atoms with E-state index in [0.717, 1.165) is 18.2 Å². The topological polar surface area (TPSA) is 60.2 Å². The first-order chi connectivity index (χ1) is 9.90. The van der Waals surface area contributed by atoms with E-state index in [9.17, 15) is 23.7 Å². The molecule has 0 aliphatic heterocycles. The molecule has 0 aromatic heterocycles. The molecule has 0 unspecified atom stereocenters. The average Bonchev–Trinajstić information content (AvgIpc) is 2.43. The third kappa shape index (κ3) is 3.10. The lowest BCUT2D eigenvalue weighted by Crippen LogP contribution is -2.08. The highest BCUT2D eigenvalue weighted by atomic mass is 19.1. The molecule has 0 saturated heterocycles. The van der Waals surface area contributed by atoms with Crippen molar-refractivity contribution in [2.75, 3.05) is 0 Å². The van der Waals surface area contributed by atoms with E-state index >= 15 is 0 Å². The van der Waals surface area contributed by atoms with Gasteiger partial charge in [0, 0.05) is 29.2 Å². The summed E-state index contributed by atoms with van der Waals surface area (Å²) in [5.41, 5.74) is -0.0795. The van der Waals surface area contributed by atoms with Crippen molar-refractivity contribution in [3.8, 4) is 0 Å². The molecule has 0 saturated carbocycles. The van der Waals surface area contributed by atoms with Crippen LogP contribution in [0.15, 0.2) is 36.4 Å². The molecule has 2 aromatic carbocycles. The summed E-state index contributed by atoms with van der Waals surface area (Å²) in [5.74, 6) is -2.21. The molecule has 4 nitrogen and oxygen atoms in total. The first kappa shape index (κ1) is 14.8. The molecule has 21 heavy (non-hydrogen) atoms. The summed E-state index contributed by atoms with van der Waals surface area (Å²) in [7, 11) is 0. The average molecular weight is 291 g/mol. The second-order valence-corrected chi connectivity index (χ2v) is 4.56. The molecule has 0 atom stereocenters. The van der Waals surface area contributed by atoms with E-state index in [-0.39, 0.29) is 16.8 Å². The number of hydrogen-bond acceptors (Lipinski definition) is 3. The highest BCUT2D eigenvalue weighted by molar-refractivity contribution is 5.98. The van der Waals surface area contributed by atoms with Gasteiger partial charge in [0.05, 0.1) is 4.92 Å². The Balaban J connectivity index is 2.33. The number of ketones is 1. The van der Waals surface area contributed by atoms with Crippen LogP contribution >= 0.6 is 0 Å². The zero-order valence-electron chi connectivity index (χ0n) is 11.1. The summed E-state index contributed by atoms with van der Waals surface area (Å²) in [4.78, 5) is 22.3. The summed E-state index contributed by atoms with van der Waals surface area (Å²) in [6, 6.07) is 7.28. The second-order valence-electron chi connectivity index (χ2n) is 4.56. The standard InChI is InChI=1S/C15H11F2NO3/c1-9-5-6-10(7-14(9)18(20)21)15(19)8-11-12(16)3-2-4-13(11)17/h2-7H,8H2,1H3. The Morgan fingerprint density at radius 1 is 1.19 bits per heavy atom. The van der Waals surface area contributed by atoms with Crippen molar-refractivity contribution in [1.82, 2.24) is 0 Å². The number of nitro benzene ring substituents is 1. The molecule has 2 aromatic rings. The molecule has 0 N–H and O–H groups in total. The van der Waals surface area contributed by atoms with Crippen LogP contribution in [0.4, 0.5) is 14.5 Å². The number of nitrogens with zero attached hydrogens (tertiary/aromatic N) is 1. The van der Waals surface area contributed by atoms with E-state index in [2.05, 4.69) is 0 Å². The van der Waals surface area contributed by atoms with Gasteiger partial charge >= 0.3 is 0 Å². The van der Waals surface area contributed by atoms with Crippen molar-refractivity contribution in [3.05, 3.63) is 74.8 Å². The number of Topliss-reactive ketones (excluding diaryl/α,β-unsaturated/α-hetero) is 1. The number of benzene rings is 2. The predicted molar refractivity (Wildman–Crippen MR) is 72.2 cm³/mol. The minimum atomic E-state index is -0.815. The van der Waals surface area contributed by atoms with Crippen LogP contribution in [0.1, 0.15) is 21.5 Å². The molecule has 0 aliphatic carbocycles. The van der Waals surface area contributed by atoms with E-state index < -0.39 is 28.8 Å². The van der Waals surface area contributed by atoms with Gasteiger partial charge in [-0.15, -0.1) is 0 Å². The number of halogens is 2. The molecule has 6 heteroatoms. The lowest BCUT2D eigenvalue weighted by atomic mass is 10.0. The van der Waals surface area contributed by atoms with Gasteiger partial charge in [0.1, 0.15) is 11.6 Å². The zero-order chi connectivity index (χ0) is 15.6. The van der Waals surface area contributed by atoms with Crippen LogP contribution in [0.25, 0.3) is 0 Å². The van der Waals surface area contributed by atoms with E-state index in [1.165, 1.54) is 18.2 Å². The lowest BCUT2D eigenvalue weighted by Gasteiger charge is -2.05. The van der Waals surface area contributed by atoms with Crippen LogP contribution in [0.3, 0.4) is 0 Å². The SMILES string of the molecule is Cc1ccc(C(=O)Cc2c(F)cccc2F)cc1[N+](=O)[O-]. The van der Waals surface area contributed by atoms with Crippen molar-refractivity contribution < 1.29 is 18.5 Å². The Hall–Kier alpha value is -2.63. The predicted octanol–water partition coefficient (Wildman–Crippen LogP) is 3.61. The molecule has 0 spiro atoms. The minimum absolute atomic E-state index is 0.0509. The number of nitro groups is 1. The Labute approximate surface area is 119 Å². The van der Waals surface area contributed by atoms with Gasteiger partial charge in [-0.05, 0) is 19.1 Å².